The average Bonchev–Trinajstić information content (AvgIpc) is 2.67. The zero-order valence-corrected chi connectivity index (χ0v) is 16.0. The summed E-state index contributed by atoms with van der Waals surface area (Å²) in [6.07, 6.45) is 3.04. The number of hydrogen-bond donors (Lipinski definition) is 1. The Balaban J connectivity index is 1.70. The van der Waals surface area contributed by atoms with E-state index in [-0.39, 0.29) is 12.2 Å². The molecular weight excluding hydrogens is 378 g/mol. The summed E-state index contributed by atoms with van der Waals surface area (Å²) in [5, 5.41) is -1.21. The van der Waals surface area contributed by atoms with E-state index in [0.29, 0.717) is 18.0 Å². The quantitative estimate of drug-likeness (QED) is 0.649. The smallest absolute Gasteiger partial charge is 0.275 e. The van der Waals surface area contributed by atoms with Crippen LogP contribution in [0, 0.1) is 6.92 Å². The van der Waals surface area contributed by atoms with E-state index in [4.69, 9.17) is 4.74 Å². The van der Waals surface area contributed by atoms with Gasteiger partial charge in [0.25, 0.3) is 10.1 Å². The summed E-state index contributed by atoms with van der Waals surface area (Å²) < 4.78 is 39.7. The maximum absolute atomic E-state index is 12.0. The molecule has 144 valence electrons. The van der Waals surface area contributed by atoms with Crippen LogP contribution in [0.15, 0.2) is 60.9 Å². The second-order valence-electron chi connectivity index (χ2n) is 6.59. The highest BCUT2D eigenvalue weighted by Crippen LogP contribution is 2.47. The molecule has 28 heavy (non-hydrogen) atoms. The van der Waals surface area contributed by atoms with Gasteiger partial charge in [-0.2, -0.15) is 8.42 Å². The summed E-state index contributed by atoms with van der Waals surface area (Å²) in [7, 11) is -4.36. The summed E-state index contributed by atoms with van der Waals surface area (Å²) >= 11 is 0. The molecule has 0 saturated heterocycles. The molecule has 1 N–H and O–H groups in total. The second kappa shape index (κ2) is 7.21. The highest BCUT2D eigenvalue weighted by Gasteiger charge is 2.31. The van der Waals surface area contributed by atoms with Gasteiger partial charge in [-0.1, -0.05) is 18.2 Å². The molecule has 2 heterocycles. The first-order valence-electron chi connectivity index (χ1n) is 8.82. The fourth-order valence-electron chi connectivity index (χ4n) is 3.31. The second-order valence-corrected chi connectivity index (χ2v) is 8.19. The number of fused-ring (bicyclic) bond motifs is 2. The highest BCUT2D eigenvalue weighted by molar-refractivity contribution is 7.86. The molecule has 1 unspecified atom stereocenters. The number of benzene rings is 2. The minimum Gasteiger partial charge on any atom is -0.453 e. The molecule has 1 aliphatic heterocycles. The third-order valence-corrected chi connectivity index (χ3v) is 5.79. The molecule has 1 atom stereocenters. The first kappa shape index (κ1) is 18.4. The lowest BCUT2D eigenvalue weighted by Crippen LogP contribution is -2.26. The molecule has 0 aliphatic carbocycles. The Morgan fingerprint density at radius 3 is 2.50 bits per heavy atom. The Hall–Kier alpha value is -2.97. The van der Waals surface area contributed by atoms with E-state index >= 15 is 0 Å². The fourth-order valence-corrected chi connectivity index (χ4v) is 4.11. The molecule has 2 aromatic carbocycles. The van der Waals surface area contributed by atoms with E-state index in [1.165, 1.54) is 12.4 Å². The van der Waals surface area contributed by atoms with E-state index in [1.807, 2.05) is 54.3 Å². The number of anilines is 2. The van der Waals surface area contributed by atoms with E-state index < -0.39 is 15.4 Å². The van der Waals surface area contributed by atoms with Crippen molar-refractivity contribution in [2.24, 2.45) is 0 Å². The molecule has 0 bridgehead atoms. The van der Waals surface area contributed by atoms with Crippen molar-refractivity contribution in [1.82, 2.24) is 9.97 Å². The highest BCUT2D eigenvalue weighted by atomic mass is 32.2. The number of aryl methyl sites for hydroxylation is 1. The van der Waals surface area contributed by atoms with E-state index in [9.17, 15) is 13.0 Å². The standard InChI is InChI=1S/C20H19N3O4S/c1-14-7-8-18-16(13-14)23(15-5-2-3-6-17(15)27-18)12-9-19(28(24,25)26)20-21-10-4-11-22-20/h2-8,10-11,13,19H,9,12H2,1H3,(H,24,25,26). The lowest BCUT2D eigenvalue weighted by atomic mass is 10.1. The molecule has 0 amide bonds. The maximum Gasteiger partial charge on any atom is 0.275 e. The van der Waals surface area contributed by atoms with Crippen molar-refractivity contribution in [3.8, 4) is 11.5 Å². The molecule has 0 spiro atoms. The molecule has 0 saturated carbocycles. The number of rotatable bonds is 5. The lowest BCUT2D eigenvalue weighted by molar-refractivity contribution is 0.458. The Morgan fingerprint density at radius 2 is 1.75 bits per heavy atom. The van der Waals surface area contributed by atoms with Crippen LogP contribution in [0.4, 0.5) is 11.4 Å². The topological polar surface area (TPSA) is 92.6 Å². The van der Waals surface area contributed by atoms with Crippen LogP contribution in [0.2, 0.25) is 0 Å². The van der Waals surface area contributed by atoms with E-state index in [2.05, 4.69) is 9.97 Å². The van der Waals surface area contributed by atoms with Crippen molar-refractivity contribution in [1.29, 1.82) is 0 Å². The number of aromatic nitrogens is 2. The lowest BCUT2D eigenvalue weighted by Gasteiger charge is -2.33. The summed E-state index contributed by atoms with van der Waals surface area (Å²) in [5.41, 5.74) is 2.75. The van der Waals surface area contributed by atoms with Gasteiger partial charge < -0.3 is 9.64 Å². The Bertz CT molecular complexity index is 1100. The van der Waals surface area contributed by atoms with Crippen molar-refractivity contribution in [3.05, 3.63) is 72.3 Å². The van der Waals surface area contributed by atoms with Gasteiger partial charge in [0.2, 0.25) is 0 Å². The van der Waals surface area contributed by atoms with Crippen LogP contribution in [0.3, 0.4) is 0 Å². The molecule has 0 radical (unpaired) electrons. The minimum atomic E-state index is -4.36. The average molecular weight is 397 g/mol. The number of para-hydroxylation sites is 2. The first-order chi connectivity index (χ1) is 13.4. The van der Waals surface area contributed by atoms with Gasteiger partial charge in [-0.05, 0) is 49.2 Å². The number of ether oxygens (including phenoxy) is 1. The van der Waals surface area contributed by atoms with Gasteiger partial charge in [-0.3, -0.25) is 4.55 Å². The fraction of sp³-hybridized carbons (Fsp3) is 0.200. The van der Waals surface area contributed by atoms with Gasteiger partial charge >= 0.3 is 0 Å². The third kappa shape index (κ3) is 3.56. The van der Waals surface area contributed by atoms with E-state index in [0.717, 1.165) is 16.9 Å². The van der Waals surface area contributed by atoms with Crippen molar-refractivity contribution < 1.29 is 17.7 Å². The summed E-state index contributed by atoms with van der Waals surface area (Å²) in [4.78, 5) is 10.0. The molecule has 8 heteroatoms. The molecule has 1 aliphatic rings. The number of nitrogens with zero attached hydrogens (tertiary/aromatic N) is 3. The molecule has 1 aromatic heterocycles. The monoisotopic (exact) mass is 397 g/mol. The predicted molar refractivity (Wildman–Crippen MR) is 106 cm³/mol. The van der Waals surface area contributed by atoms with Crippen molar-refractivity contribution in [2.45, 2.75) is 18.6 Å². The van der Waals surface area contributed by atoms with Crippen LogP contribution in [-0.2, 0) is 10.1 Å². The van der Waals surface area contributed by atoms with Crippen molar-refractivity contribution in [3.63, 3.8) is 0 Å². The third-order valence-electron chi connectivity index (χ3n) is 4.63. The van der Waals surface area contributed by atoms with Crippen LogP contribution in [0.25, 0.3) is 0 Å². The minimum absolute atomic E-state index is 0.0796. The summed E-state index contributed by atoms with van der Waals surface area (Å²) in [6.45, 7) is 2.32. The SMILES string of the molecule is Cc1ccc2c(c1)N(CCC(c1ncccn1)S(=O)(=O)O)c1ccccc1O2. The van der Waals surface area contributed by atoms with Gasteiger partial charge in [-0.25, -0.2) is 9.97 Å². The zero-order chi connectivity index (χ0) is 19.7. The molecule has 7 nitrogen and oxygen atoms in total. The normalized spacial score (nSPS) is 14.0. The summed E-state index contributed by atoms with van der Waals surface area (Å²) in [6, 6.07) is 15.0. The van der Waals surface area contributed by atoms with Crippen LogP contribution in [0.5, 0.6) is 11.5 Å². The summed E-state index contributed by atoms with van der Waals surface area (Å²) in [5.74, 6) is 1.47. The maximum atomic E-state index is 12.0. The Labute approximate surface area is 163 Å². The first-order valence-corrected chi connectivity index (χ1v) is 10.3. The van der Waals surface area contributed by atoms with Crippen LogP contribution >= 0.6 is 0 Å². The van der Waals surface area contributed by atoms with Crippen molar-refractivity contribution in [2.75, 3.05) is 11.4 Å². The van der Waals surface area contributed by atoms with Crippen LogP contribution < -0.4 is 9.64 Å². The molecule has 4 rings (SSSR count). The van der Waals surface area contributed by atoms with Crippen molar-refractivity contribution >= 4 is 21.5 Å². The van der Waals surface area contributed by atoms with Gasteiger partial charge in [0.15, 0.2) is 11.5 Å². The molecular formula is C20H19N3O4S. The Morgan fingerprint density at radius 1 is 1.04 bits per heavy atom. The molecule has 3 aromatic rings. The predicted octanol–water partition coefficient (Wildman–Crippen LogP) is 4.05. The largest absolute Gasteiger partial charge is 0.453 e. The van der Waals surface area contributed by atoms with Crippen LogP contribution in [0.1, 0.15) is 23.1 Å². The Kier molecular flexibility index (Phi) is 4.74. The zero-order valence-electron chi connectivity index (χ0n) is 15.2. The van der Waals surface area contributed by atoms with E-state index in [1.54, 1.807) is 6.07 Å². The van der Waals surface area contributed by atoms with Gasteiger partial charge in [0.05, 0.1) is 11.4 Å². The van der Waals surface area contributed by atoms with Gasteiger partial charge in [-0.15, -0.1) is 0 Å². The number of hydrogen-bond acceptors (Lipinski definition) is 6. The van der Waals surface area contributed by atoms with Crippen LogP contribution in [-0.4, -0.2) is 29.5 Å². The molecule has 0 fully saturated rings. The van der Waals surface area contributed by atoms with Gasteiger partial charge in [0, 0.05) is 18.9 Å². The van der Waals surface area contributed by atoms with Gasteiger partial charge in [0.1, 0.15) is 11.1 Å².